The second-order valence-corrected chi connectivity index (χ2v) is 4.08. The van der Waals surface area contributed by atoms with Gasteiger partial charge in [0.1, 0.15) is 5.75 Å². The molecule has 0 radical (unpaired) electrons. The molecule has 1 aromatic carbocycles. The minimum Gasteiger partial charge on any atom is -0.496 e. The number of H-pyrrole nitrogens is 1. The first kappa shape index (κ1) is 10.7. The van der Waals surface area contributed by atoms with Gasteiger partial charge in [0.2, 0.25) is 0 Å². The van der Waals surface area contributed by atoms with Gasteiger partial charge in [0.15, 0.2) is 0 Å². The molecule has 84 valence electrons. The van der Waals surface area contributed by atoms with Crippen LogP contribution in [0.5, 0.6) is 5.75 Å². The number of aromatic nitrogens is 2. The van der Waals surface area contributed by atoms with Gasteiger partial charge in [-0.15, -0.1) is 0 Å². The average molecular weight is 216 g/mol. The van der Waals surface area contributed by atoms with Crippen LogP contribution in [0, 0.1) is 20.8 Å². The summed E-state index contributed by atoms with van der Waals surface area (Å²) in [7, 11) is 1.70. The molecule has 2 aromatic rings. The van der Waals surface area contributed by atoms with Crippen molar-refractivity contribution in [2.24, 2.45) is 0 Å². The first-order valence-electron chi connectivity index (χ1n) is 5.29. The first-order valence-corrected chi connectivity index (χ1v) is 5.29. The molecule has 0 atom stereocenters. The van der Waals surface area contributed by atoms with E-state index in [4.69, 9.17) is 4.74 Å². The maximum atomic E-state index is 5.34. The SMILES string of the molecule is COc1c(C)cc(-c2cc(C)[nH]n2)cc1C. The van der Waals surface area contributed by atoms with Crippen LogP contribution in [-0.2, 0) is 0 Å². The Morgan fingerprint density at radius 2 is 1.69 bits per heavy atom. The van der Waals surface area contributed by atoms with Crippen molar-refractivity contribution in [3.63, 3.8) is 0 Å². The normalized spacial score (nSPS) is 10.5. The van der Waals surface area contributed by atoms with E-state index in [0.29, 0.717) is 0 Å². The standard InChI is InChI=1S/C13H16N2O/c1-8-5-11(6-9(2)13(8)16-4)12-7-10(3)14-15-12/h5-7H,1-4H3,(H,14,15). The predicted octanol–water partition coefficient (Wildman–Crippen LogP) is 3.01. The fourth-order valence-electron chi connectivity index (χ4n) is 1.99. The van der Waals surface area contributed by atoms with Gasteiger partial charge >= 0.3 is 0 Å². The zero-order chi connectivity index (χ0) is 11.7. The second-order valence-electron chi connectivity index (χ2n) is 4.08. The summed E-state index contributed by atoms with van der Waals surface area (Å²) < 4.78 is 5.34. The molecule has 1 heterocycles. The maximum absolute atomic E-state index is 5.34. The van der Waals surface area contributed by atoms with Crippen molar-refractivity contribution in [1.29, 1.82) is 0 Å². The van der Waals surface area contributed by atoms with Crippen LogP contribution < -0.4 is 4.74 Å². The van der Waals surface area contributed by atoms with Crippen LogP contribution in [0.2, 0.25) is 0 Å². The van der Waals surface area contributed by atoms with Crippen LogP contribution in [0.4, 0.5) is 0 Å². The van der Waals surface area contributed by atoms with Crippen molar-refractivity contribution in [3.8, 4) is 17.0 Å². The molecular weight excluding hydrogens is 200 g/mol. The zero-order valence-corrected chi connectivity index (χ0v) is 10.1. The number of hydrogen-bond donors (Lipinski definition) is 1. The molecule has 0 saturated heterocycles. The summed E-state index contributed by atoms with van der Waals surface area (Å²) in [6.07, 6.45) is 0. The quantitative estimate of drug-likeness (QED) is 0.838. The van der Waals surface area contributed by atoms with Crippen molar-refractivity contribution >= 4 is 0 Å². The molecule has 0 unspecified atom stereocenters. The highest BCUT2D eigenvalue weighted by Gasteiger charge is 2.08. The van der Waals surface area contributed by atoms with Crippen LogP contribution >= 0.6 is 0 Å². The Hall–Kier alpha value is -1.77. The molecule has 0 aliphatic carbocycles. The third-order valence-electron chi connectivity index (χ3n) is 2.67. The molecule has 1 aromatic heterocycles. The average Bonchev–Trinajstić information content (AvgIpc) is 2.64. The number of benzene rings is 1. The van der Waals surface area contributed by atoms with Gasteiger partial charge in [-0.25, -0.2) is 0 Å². The second kappa shape index (κ2) is 4.00. The summed E-state index contributed by atoms with van der Waals surface area (Å²) in [5, 5.41) is 7.21. The van der Waals surface area contributed by atoms with Crippen molar-refractivity contribution < 1.29 is 4.74 Å². The van der Waals surface area contributed by atoms with Crippen molar-refractivity contribution in [3.05, 3.63) is 35.0 Å². The molecular formula is C13H16N2O. The molecule has 2 rings (SSSR count). The Labute approximate surface area is 95.5 Å². The number of aromatic amines is 1. The molecule has 0 fully saturated rings. The van der Waals surface area contributed by atoms with Crippen LogP contribution in [0.1, 0.15) is 16.8 Å². The Bertz CT molecular complexity index is 491. The number of ether oxygens (including phenoxy) is 1. The Balaban J connectivity index is 2.52. The van der Waals surface area contributed by atoms with E-state index in [9.17, 15) is 0 Å². The van der Waals surface area contributed by atoms with Gasteiger partial charge in [-0.05, 0) is 50.1 Å². The van der Waals surface area contributed by atoms with E-state index in [1.54, 1.807) is 7.11 Å². The molecule has 0 bridgehead atoms. The minimum absolute atomic E-state index is 0.955. The summed E-state index contributed by atoms with van der Waals surface area (Å²) >= 11 is 0. The number of aryl methyl sites for hydroxylation is 3. The van der Waals surface area contributed by atoms with Gasteiger partial charge in [-0.3, -0.25) is 5.10 Å². The van der Waals surface area contributed by atoms with E-state index in [2.05, 4.69) is 36.2 Å². The van der Waals surface area contributed by atoms with E-state index in [0.717, 1.165) is 33.8 Å². The Kier molecular flexibility index (Phi) is 2.69. The van der Waals surface area contributed by atoms with Gasteiger partial charge in [-0.1, -0.05) is 0 Å². The maximum Gasteiger partial charge on any atom is 0.124 e. The third-order valence-corrected chi connectivity index (χ3v) is 2.67. The number of nitrogens with zero attached hydrogens (tertiary/aromatic N) is 1. The number of hydrogen-bond acceptors (Lipinski definition) is 2. The lowest BCUT2D eigenvalue weighted by molar-refractivity contribution is 0.408. The Morgan fingerprint density at radius 1 is 1.06 bits per heavy atom. The number of methoxy groups -OCH3 is 1. The minimum atomic E-state index is 0.955. The molecule has 0 aliphatic heterocycles. The monoisotopic (exact) mass is 216 g/mol. The van der Waals surface area contributed by atoms with E-state index in [1.807, 2.05) is 13.0 Å². The smallest absolute Gasteiger partial charge is 0.124 e. The summed E-state index contributed by atoms with van der Waals surface area (Å²) in [5.74, 6) is 0.955. The molecule has 0 aliphatic rings. The van der Waals surface area contributed by atoms with Crippen LogP contribution in [0.3, 0.4) is 0 Å². The molecule has 0 amide bonds. The lowest BCUT2D eigenvalue weighted by Gasteiger charge is -2.09. The fourth-order valence-corrected chi connectivity index (χ4v) is 1.99. The van der Waals surface area contributed by atoms with Crippen molar-refractivity contribution in [1.82, 2.24) is 10.2 Å². The molecule has 3 heteroatoms. The van der Waals surface area contributed by atoms with E-state index >= 15 is 0 Å². The van der Waals surface area contributed by atoms with E-state index < -0.39 is 0 Å². The lowest BCUT2D eigenvalue weighted by Crippen LogP contribution is -1.92. The third kappa shape index (κ3) is 1.81. The fraction of sp³-hybridized carbons (Fsp3) is 0.308. The molecule has 3 nitrogen and oxygen atoms in total. The van der Waals surface area contributed by atoms with Gasteiger partial charge in [0.05, 0.1) is 12.8 Å². The predicted molar refractivity (Wildman–Crippen MR) is 64.8 cm³/mol. The van der Waals surface area contributed by atoms with Gasteiger partial charge in [0.25, 0.3) is 0 Å². The molecule has 0 saturated carbocycles. The van der Waals surface area contributed by atoms with E-state index in [1.165, 1.54) is 0 Å². The molecule has 0 spiro atoms. The summed E-state index contributed by atoms with van der Waals surface area (Å²) in [5.41, 5.74) is 5.45. The zero-order valence-electron chi connectivity index (χ0n) is 10.1. The summed E-state index contributed by atoms with van der Waals surface area (Å²) in [4.78, 5) is 0. The number of rotatable bonds is 2. The first-order chi connectivity index (χ1) is 7.61. The molecule has 16 heavy (non-hydrogen) atoms. The summed E-state index contributed by atoms with van der Waals surface area (Å²) in [6, 6.07) is 6.24. The highest BCUT2D eigenvalue weighted by atomic mass is 16.5. The van der Waals surface area contributed by atoms with E-state index in [-0.39, 0.29) is 0 Å². The van der Waals surface area contributed by atoms with Crippen LogP contribution in [-0.4, -0.2) is 17.3 Å². The van der Waals surface area contributed by atoms with Crippen LogP contribution in [0.15, 0.2) is 18.2 Å². The summed E-state index contributed by atoms with van der Waals surface area (Å²) in [6.45, 7) is 6.10. The van der Waals surface area contributed by atoms with Gasteiger partial charge in [-0.2, -0.15) is 5.10 Å². The number of nitrogens with one attached hydrogen (secondary N) is 1. The Morgan fingerprint density at radius 3 is 2.12 bits per heavy atom. The van der Waals surface area contributed by atoms with Crippen LogP contribution in [0.25, 0.3) is 11.3 Å². The van der Waals surface area contributed by atoms with Gasteiger partial charge in [0, 0.05) is 11.3 Å². The molecule has 1 N–H and O–H groups in total. The van der Waals surface area contributed by atoms with Gasteiger partial charge < -0.3 is 4.74 Å². The topological polar surface area (TPSA) is 37.9 Å². The van der Waals surface area contributed by atoms with Crippen molar-refractivity contribution in [2.75, 3.05) is 7.11 Å². The largest absolute Gasteiger partial charge is 0.496 e. The lowest BCUT2D eigenvalue weighted by atomic mass is 10.0. The highest BCUT2D eigenvalue weighted by molar-refractivity contribution is 5.64. The van der Waals surface area contributed by atoms with Crippen molar-refractivity contribution in [2.45, 2.75) is 20.8 Å². The highest BCUT2D eigenvalue weighted by Crippen LogP contribution is 2.29.